The van der Waals surface area contributed by atoms with E-state index in [1.807, 2.05) is 37.3 Å². The highest BCUT2D eigenvalue weighted by atomic mass is 16.6. The lowest BCUT2D eigenvalue weighted by Gasteiger charge is -2.04. The average Bonchev–Trinajstić information content (AvgIpc) is 3.00. The van der Waals surface area contributed by atoms with Gasteiger partial charge in [-0.2, -0.15) is 0 Å². The Labute approximate surface area is 102 Å². The SMILES string of the molecule is C[C@]1(CCC=O)O[C@H]1COCc1ccccc1. The number of aldehydes is 1. The molecule has 0 saturated carbocycles. The van der Waals surface area contributed by atoms with Gasteiger partial charge in [-0.05, 0) is 18.9 Å². The van der Waals surface area contributed by atoms with Crippen LogP contribution in [0, 0.1) is 0 Å². The van der Waals surface area contributed by atoms with E-state index < -0.39 is 0 Å². The first-order chi connectivity index (χ1) is 8.24. The highest BCUT2D eigenvalue weighted by Gasteiger charge is 2.51. The van der Waals surface area contributed by atoms with Crippen molar-refractivity contribution < 1.29 is 14.3 Å². The van der Waals surface area contributed by atoms with Gasteiger partial charge in [0.2, 0.25) is 0 Å². The van der Waals surface area contributed by atoms with Crippen molar-refractivity contribution in [2.45, 2.75) is 38.1 Å². The Kier molecular flexibility index (Phi) is 3.92. The molecule has 0 unspecified atom stereocenters. The standard InChI is InChI=1S/C14H18O3/c1-14(8-5-9-15)13(17-14)11-16-10-12-6-3-2-4-7-12/h2-4,6-7,9,13H,5,8,10-11H2,1H3/t13-,14+/m0/s1. The van der Waals surface area contributed by atoms with E-state index in [9.17, 15) is 4.79 Å². The number of epoxide rings is 1. The van der Waals surface area contributed by atoms with Crippen molar-refractivity contribution >= 4 is 6.29 Å². The molecule has 2 atom stereocenters. The number of carbonyl (C=O) groups is 1. The van der Waals surface area contributed by atoms with Gasteiger partial charge >= 0.3 is 0 Å². The minimum absolute atomic E-state index is 0.141. The predicted molar refractivity (Wildman–Crippen MR) is 64.7 cm³/mol. The van der Waals surface area contributed by atoms with Crippen LogP contribution in [0.2, 0.25) is 0 Å². The Bertz CT molecular complexity index is 363. The second-order valence-electron chi connectivity index (χ2n) is 4.63. The molecule has 0 amide bonds. The summed E-state index contributed by atoms with van der Waals surface area (Å²) in [7, 11) is 0. The van der Waals surface area contributed by atoms with Crippen LogP contribution in [-0.2, 0) is 20.9 Å². The normalized spacial score (nSPS) is 26.8. The van der Waals surface area contributed by atoms with Gasteiger partial charge < -0.3 is 14.3 Å². The number of rotatable bonds is 7. The Morgan fingerprint density at radius 3 is 2.88 bits per heavy atom. The minimum Gasteiger partial charge on any atom is -0.374 e. The molecule has 0 bridgehead atoms. The lowest BCUT2D eigenvalue weighted by Crippen LogP contribution is -2.14. The van der Waals surface area contributed by atoms with E-state index in [0.717, 1.165) is 12.7 Å². The second-order valence-corrected chi connectivity index (χ2v) is 4.63. The summed E-state index contributed by atoms with van der Waals surface area (Å²) in [5.74, 6) is 0. The molecular formula is C14H18O3. The zero-order valence-corrected chi connectivity index (χ0v) is 10.1. The van der Waals surface area contributed by atoms with Crippen LogP contribution in [0.3, 0.4) is 0 Å². The molecule has 1 saturated heterocycles. The van der Waals surface area contributed by atoms with Crippen LogP contribution in [0.1, 0.15) is 25.3 Å². The molecule has 0 N–H and O–H groups in total. The smallest absolute Gasteiger partial charge is 0.120 e. The lowest BCUT2D eigenvalue weighted by atomic mass is 10.0. The first-order valence-electron chi connectivity index (χ1n) is 5.98. The lowest BCUT2D eigenvalue weighted by molar-refractivity contribution is -0.108. The molecule has 0 aromatic heterocycles. The molecule has 1 aliphatic heterocycles. The van der Waals surface area contributed by atoms with Gasteiger partial charge in [0.05, 0.1) is 18.8 Å². The van der Waals surface area contributed by atoms with Crippen LogP contribution in [0.15, 0.2) is 30.3 Å². The molecular weight excluding hydrogens is 216 g/mol. The molecule has 0 spiro atoms. The molecule has 17 heavy (non-hydrogen) atoms. The van der Waals surface area contributed by atoms with Gasteiger partial charge in [0.1, 0.15) is 12.4 Å². The van der Waals surface area contributed by atoms with Gasteiger partial charge in [0.15, 0.2) is 0 Å². The Morgan fingerprint density at radius 2 is 2.18 bits per heavy atom. The number of benzene rings is 1. The molecule has 1 aliphatic rings. The van der Waals surface area contributed by atoms with E-state index in [1.165, 1.54) is 5.56 Å². The molecule has 0 radical (unpaired) electrons. The minimum atomic E-state index is -0.141. The second kappa shape index (κ2) is 5.43. The third-order valence-corrected chi connectivity index (χ3v) is 3.17. The molecule has 3 heteroatoms. The van der Waals surface area contributed by atoms with Gasteiger partial charge in [-0.3, -0.25) is 0 Å². The summed E-state index contributed by atoms with van der Waals surface area (Å²) in [6.45, 7) is 3.25. The van der Waals surface area contributed by atoms with Gasteiger partial charge in [-0.1, -0.05) is 30.3 Å². The quantitative estimate of drug-likeness (QED) is 0.537. The molecule has 2 rings (SSSR count). The molecule has 3 nitrogen and oxygen atoms in total. The largest absolute Gasteiger partial charge is 0.374 e. The predicted octanol–water partition coefficient (Wildman–Crippen LogP) is 2.34. The number of ether oxygens (including phenoxy) is 2. The van der Waals surface area contributed by atoms with Crippen molar-refractivity contribution in [1.82, 2.24) is 0 Å². The molecule has 1 fully saturated rings. The van der Waals surface area contributed by atoms with Crippen molar-refractivity contribution in [1.29, 1.82) is 0 Å². The van der Waals surface area contributed by atoms with Gasteiger partial charge in [0.25, 0.3) is 0 Å². The van der Waals surface area contributed by atoms with Crippen molar-refractivity contribution in [3.05, 3.63) is 35.9 Å². The maximum absolute atomic E-state index is 10.3. The maximum Gasteiger partial charge on any atom is 0.120 e. The fraction of sp³-hybridized carbons (Fsp3) is 0.500. The average molecular weight is 234 g/mol. The van der Waals surface area contributed by atoms with Crippen LogP contribution < -0.4 is 0 Å². The van der Waals surface area contributed by atoms with Gasteiger partial charge in [0, 0.05) is 6.42 Å². The highest BCUT2D eigenvalue weighted by Crippen LogP contribution is 2.40. The molecule has 1 aromatic rings. The van der Waals surface area contributed by atoms with Crippen molar-refractivity contribution in [2.24, 2.45) is 0 Å². The summed E-state index contributed by atoms with van der Waals surface area (Å²) in [5.41, 5.74) is 1.03. The summed E-state index contributed by atoms with van der Waals surface area (Å²) in [6, 6.07) is 10.1. The van der Waals surface area contributed by atoms with E-state index in [-0.39, 0.29) is 11.7 Å². The van der Waals surface area contributed by atoms with E-state index in [2.05, 4.69) is 0 Å². The number of carbonyl (C=O) groups excluding carboxylic acids is 1. The third-order valence-electron chi connectivity index (χ3n) is 3.17. The summed E-state index contributed by atoms with van der Waals surface area (Å²) in [5, 5.41) is 0. The van der Waals surface area contributed by atoms with E-state index in [0.29, 0.717) is 19.6 Å². The monoisotopic (exact) mass is 234 g/mol. The third kappa shape index (κ3) is 3.38. The molecule has 92 valence electrons. The topological polar surface area (TPSA) is 38.8 Å². The van der Waals surface area contributed by atoms with E-state index >= 15 is 0 Å². The number of hydrogen-bond acceptors (Lipinski definition) is 3. The van der Waals surface area contributed by atoms with Crippen LogP contribution in [-0.4, -0.2) is 24.6 Å². The zero-order chi connectivity index (χ0) is 12.1. The van der Waals surface area contributed by atoms with E-state index in [1.54, 1.807) is 0 Å². The molecule has 1 heterocycles. The van der Waals surface area contributed by atoms with Crippen LogP contribution >= 0.6 is 0 Å². The summed E-state index contributed by atoms with van der Waals surface area (Å²) in [4.78, 5) is 10.3. The fourth-order valence-electron chi connectivity index (χ4n) is 1.92. The molecule has 1 aromatic carbocycles. The Balaban J connectivity index is 1.66. The van der Waals surface area contributed by atoms with Crippen molar-refractivity contribution in [3.8, 4) is 0 Å². The summed E-state index contributed by atoms with van der Waals surface area (Å²) >= 11 is 0. The van der Waals surface area contributed by atoms with Crippen LogP contribution in [0.4, 0.5) is 0 Å². The first-order valence-corrected chi connectivity index (χ1v) is 5.98. The summed E-state index contributed by atoms with van der Waals surface area (Å²) in [6.07, 6.45) is 2.43. The number of hydrogen-bond donors (Lipinski definition) is 0. The Morgan fingerprint density at radius 1 is 1.41 bits per heavy atom. The Hall–Kier alpha value is -1.19. The van der Waals surface area contributed by atoms with Crippen LogP contribution in [0.25, 0.3) is 0 Å². The first kappa shape index (κ1) is 12.3. The van der Waals surface area contributed by atoms with Crippen molar-refractivity contribution in [3.63, 3.8) is 0 Å². The zero-order valence-electron chi connectivity index (χ0n) is 10.1. The summed E-state index contributed by atoms with van der Waals surface area (Å²) < 4.78 is 11.2. The van der Waals surface area contributed by atoms with Crippen molar-refractivity contribution in [2.75, 3.05) is 6.61 Å². The fourth-order valence-corrected chi connectivity index (χ4v) is 1.92. The highest BCUT2D eigenvalue weighted by molar-refractivity contribution is 5.49. The molecule has 0 aliphatic carbocycles. The van der Waals surface area contributed by atoms with Crippen LogP contribution in [0.5, 0.6) is 0 Å². The van der Waals surface area contributed by atoms with E-state index in [4.69, 9.17) is 9.47 Å². The maximum atomic E-state index is 10.3. The van der Waals surface area contributed by atoms with Gasteiger partial charge in [-0.15, -0.1) is 0 Å². The van der Waals surface area contributed by atoms with Gasteiger partial charge in [-0.25, -0.2) is 0 Å².